The maximum atomic E-state index is 12.6. The minimum atomic E-state index is -3.93. The molecule has 3 aromatic carbocycles. The van der Waals surface area contributed by atoms with Gasteiger partial charge in [0.2, 0.25) is 0 Å². The van der Waals surface area contributed by atoms with E-state index in [-0.39, 0.29) is 10.6 Å². The molecule has 0 aliphatic carbocycles. The Bertz CT molecular complexity index is 1090. The molecule has 0 spiro atoms. The van der Waals surface area contributed by atoms with Gasteiger partial charge in [-0.15, -0.1) is 11.8 Å². The lowest BCUT2D eigenvalue weighted by atomic mass is 10.2. The number of thioether (sulfide) groups is 1. The standard InChI is InChI=1S/C19H15BrN2O4S2/c20-15-8-6-14(7-9-15)13-27-19-11-10-17(12-18(19)22(23)24)28(25,26)21-16-4-2-1-3-5-16/h1-12,21H,13H2. The number of hydrogen-bond acceptors (Lipinski definition) is 5. The SMILES string of the molecule is O=[N+]([O-])c1cc(S(=O)(=O)Nc2ccccc2)ccc1SCc1ccc(Br)cc1. The molecule has 3 aromatic rings. The Balaban J connectivity index is 1.84. The highest BCUT2D eigenvalue weighted by atomic mass is 79.9. The first kappa shape index (κ1) is 20.4. The Labute approximate surface area is 175 Å². The lowest BCUT2D eigenvalue weighted by molar-refractivity contribution is -0.388. The number of sulfonamides is 1. The molecule has 6 nitrogen and oxygen atoms in total. The van der Waals surface area contributed by atoms with Crippen LogP contribution in [0, 0.1) is 10.1 Å². The molecule has 0 saturated carbocycles. The predicted molar refractivity (Wildman–Crippen MR) is 114 cm³/mol. The zero-order valence-electron chi connectivity index (χ0n) is 14.4. The smallest absolute Gasteiger partial charge is 0.280 e. The summed E-state index contributed by atoms with van der Waals surface area (Å²) in [7, 11) is -3.93. The van der Waals surface area contributed by atoms with Crippen molar-refractivity contribution in [2.24, 2.45) is 0 Å². The minimum absolute atomic E-state index is 0.156. The van der Waals surface area contributed by atoms with Crippen molar-refractivity contribution in [3.8, 4) is 0 Å². The van der Waals surface area contributed by atoms with Crippen LogP contribution in [0.25, 0.3) is 0 Å². The maximum absolute atomic E-state index is 12.6. The van der Waals surface area contributed by atoms with Crippen LogP contribution in [-0.2, 0) is 15.8 Å². The maximum Gasteiger partial charge on any atom is 0.284 e. The monoisotopic (exact) mass is 478 g/mol. The normalized spacial score (nSPS) is 11.2. The third kappa shape index (κ3) is 5.12. The van der Waals surface area contributed by atoms with Crippen molar-refractivity contribution in [1.29, 1.82) is 0 Å². The quantitative estimate of drug-likeness (QED) is 0.277. The van der Waals surface area contributed by atoms with Crippen molar-refractivity contribution >= 4 is 49.1 Å². The summed E-state index contributed by atoms with van der Waals surface area (Å²) in [5.74, 6) is 0.530. The van der Waals surface area contributed by atoms with Gasteiger partial charge in [-0.3, -0.25) is 14.8 Å². The number of anilines is 1. The van der Waals surface area contributed by atoms with E-state index in [1.807, 2.05) is 24.3 Å². The molecular weight excluding hydrogens is 464 g/mol. The van der Waals surface area contributed by atoms with Crippen LogP contribution in [0.1, 0.15) is 5.56 Å². The summed E-state index contributed by atoms with van der Waals surface area (Å²) in [5.41, 5.74) is 1.15. The van der Waals surface area contributed by atoms with Crippen LogP contribution in [0.3, 0.4) is 0 Å². The molecule has 28 heavy (non-hydrogen) atoms. The third-order valence-corrected chi connectivity index (χ3v) is 6.81. The minimum Gasteiger partial charge on any atom is -0.280 e. The van der Waals surface area contributed by atoms with Gasteiger partial charge < -0.3 is 0 Å². The fourth-order valence-electron chi connectivity index (χ4n) is 2.39. The summed E-state index contributed by atoms with van der Waals surface area (Å²) in [6.07, 6.45) is 0. The molecule has 0 aliphatic heterocycles. The molecule has 0 atom stereocenters. The molecule has 9 heteroatoms. The van der Waals surface area contributed by atoms with Crippen LogP contribution in [0.15, 0.2) is 87.1 Å². The van der Waals surface area contributed by atoms with E-state index in [0.29, 0.717) is 16.3 Å². The largest absolute Gasteiger partial charge is 0.284 e. The number of nitrogens with zero attached hydrogens (tertiary/aromatic N) is 1. The van der Waals surface area contributed by atoms with Gasteiger partial charge in [-0.25, -0.2) is 8.42 Å². The molecule has 0 saturated heterocycles. The molecule has 0 aromatic heterocycles. The first-order chi connectivity index (χ1) is 13.3. The Hall–Kier alpha value is -2.36. The van der Waals surface area contributed by atoms with Crippen molar-refractivity contribution in [2.45, 2.75) is 15.5 Å². The second kappa shape index (κ2) is 8.76. The predicted octanol–water partition coefficient (Wildman–Crippen LogP) is 5.45. The third-order valence-electron chi connectivity index (χ3n) is 3.77. The van der Waals surface area contributed by atoms with Crippen molar-refractivity contribution in [2.75, 3.05) is 4.72 Å². The molecule has 144 valence electrons. The highest BCUT2D eigenvalue weighted by molar-refractivity contribution is 9.10. The zero-order chi connectivity index (χ0) is 20.1. The number of rotatable bonds is 7. The number of nitro benzene ring substituents is 1. The molecule has 0 heterocycles. The van der Waals surface area contributed by atoms with Crippen LogP contribution in [0.4, 0.5) is 11.4 Å². The molecule has 1 N–H and O–H groups in total. The molecule has 3 rings (SSSR count). The van der Waals surface area contributed by atoms with E-state index in [1.54, 1.807) is 30.3 Å². The van der Waals surface area contributed by atoms with Gasteiger partial charge in [0.1, 0.15) is 0 Å². The van der Waals surface area contributed by atoms with E-state index in [9.17, 15) is 18.5 Å². The summed E-state index contributed by atoms with van der Waals surface area (Å²) in [6.45, 7) is 0. The Morgan fingerprint density at radius 3 is 2.32 bits per heavy atom. The van der Waals surface area contributed by atoms with Crippen LogP contribution in [0.2, 0.25) is 0 Å². The van der Waals surface area contributed by atoms with Gasteiger partial charge in [0.25, 0.3) is 15.7 Å². The molecular formula is C19H15BrN2O4S2. The number of benzene rings is 3. The number of hydrogen-bond donors (Lipinski definition) is 1. The molecule has 0 radical (unpaired) electrons. The summed E-state index contributed by atoms with van der Waals surface area (Å²) in [5, 5.41) is 11.5. The average molecular weight is 479 g/mol. The molecule has 0 fully saturated rings. The van der Waals surface area contributed by atoms with Crippen LogP contribution >= 0.6 is 27.7 Å². The van der Waals surface area contributed by atoms with Gasteiger partial charge in [0, 0.05) is 22.0 Å². The van der Waals surface area contributed by atoms with Crippen molar-refractivity contribution in [1.82, 2.24) is 0 Å². The van der Waals surface area contributed by atoms with Crippen molar-refractivity contribution in [3.63, 3.8) is 0 Å². The van der Waals surface area contributed by atoms with Gasteiger partial charge >= 0.3 is 0 Å². The summed E-state index contributed by atoms with van der Waals surface area (Å²) >= 11 is 4.65. The van der Waals surface area contributed by atoms with Gasteiger partial charge in [-0.05, 0) is 42.0 Å². The first-order valence-electron chi connectivity index (χ1n) is 8.09. The van der Waals surface area contributed by atoms with Crippen LogP contribution in [0.5, 0.6) is 0 Å². The van der Waals surface area contributed by atoms with E-state index in [4.69, 9.17) is 0 Å². The fourth-order valence-corrected chi connectivity index (χ4v) is 4.69. The lowest BCUT2D eigenvalue weighted by Crippen LogP contribution is -2.13. The number of para-hydroxylation sites is 1. The van der Waals surface area contributed by atoms with E-state index in [1.165, 1.54) is 23.9 Å². The van der Waals surface area contributed by atoms with E-state index < -0.39 is 14.9 Å². The van der Waals surface area contributed by atoms with Crippen molar-refractivity contribution < 1.29 is 13.3 Å². The van der Waals surface area contributed by atoms with E-state index in [2.05, 4.69) is 20.7 Å². The number of nitrogens with one attached hydrogen (secondary N) is 1. The Morgan fingerprint density at radius 1 is 1.00 bits per heavy atom. The molecule has 0 unspecified atom stereocenters. The number of nitro groups is 1. The average Bonchev–Trinajstić information content (AvgIpc) is 2.68. The van der Waals surface area contributed by atoms with Gasteiger partial charge in [0.05, 0.1) is 14.7 Å². The topological polar surface area (TPSA) is 89.3 Å². The molecule has 0 aliphatic rings. The van der Waals surface area contributed by atoms with Crippen LogP contribution < -0.4 is 4.72 Å². The van der Waals surface area contributed by atoms with Gasteiger partial charge in [0.15, 0.2) is 0 Å². The van der Waals surface area contributed by atoms with Gasteiger partial charge in [-0.1, -0.05) is 46.3 Å². The highest BCUT2D eigenvalue weighted by Crippen LogP contribution is 2.34. The fraction of sp³-hybridized carbons (Fsp3) is 0.0526. The van der Waals surface area contributed by atoms with E-state index in [0.717, 1.165) is 16.1 Å². The summed E-state index contributed by atoms with van der Waals surface area (Å²) in [6, 6.07) is 20.0. The van der Waals surface area contributed by atoms with Crippen LogP contribution in [-0.4, -0.2) is 13.3 Å². The van der Waals surface area contributed by atoms with Gasteiger partial charge in [-0.2, -0.15) is 0 Å². The zero-order valence-corrected chi connectivity index (χ0v) is 17.6. The molecule has 0 bridgehead atoms. The Morgan fingerprint density at radius 2 is 1.68 bits per heavy atom. The second-order valence-electron chi connectivity index (χ2n) is 5.77. The number of halogens is 1. The lowest BCUT2D eigenvalue weighted by Gasteiger charge is -2.09. The first-order valence-corrected chi connectivity index (χ1v) is 11.3. The summed E-state index contributed by atoms with van der Waals surface area (Å²) in [4.78, 5) is 11.2. The second-order valence-corrected chi connectivity index (χ2v) is 9.39. The summed E-state index contributed by atoms with van der Waals surface area (Å²) < 4.78 is 28.5. The van der Waals surface area contributed by atoms with Crippen molar-refractivity contribution in [3.05, 3.63) is 92.9 Å². The molecule has 0 amide bonds. The highest BCUT2D eigenvalue weighted by Gasteiger charge is 2.22. The van der Waals surface area contributed by atoms with E-state index >= 15 is 0 Å². The Kier molecular flexibility index (Phi) is 6.38.